The molecule has 2 aromatic carbocycles. The van der Waals surface area contributed by atoms with E-state index in [0.29, 0.717) is 19.8 Å². The van der Waals surface area contributed by atoms with Crippen LogP contribution in [0.5, 0.6) is 11.5 Å². The lowest BCUT2D eigenvalue weighted by Gasteiger charge is -2.30. The van der Waals surface area contributed by atoms with Crippen molar-refractivity contribution in [2.75, 3.05) is 33.9 Å². The molecular formula is C21H27NO4. The van der Waals surface area contributed by atoms with Gasteiger partial charge in [-0.25, -0.2) is 0 Å². The molecule has 0 saturated heterocycles. The van der Waals surface area contributed by atoms with Crippen LogP contribution in [0.4, 0.5) is 0 Å². The fourth-order valence-corrected chi connectivity index (χ4v) is 3.36. The van der Waals surface area contributed by atoms with Crippen molar-refractivity contribution < 1.29 is 19.3 Å². The average molecular weight is 357 g/mol. The van der Waals surface area contributed by atoms with Gasteiger partial charge in [-0.3, -0.25) is 4.90 Å². The highest BCUT2D eigenvalue weighted by atomic mass is 16.5. The van der Waals surface area contributed by atoms with Crippen LogP contribution in [-0.4, -0.2) is 50.0 Å². The Labute approximate surface area is 155 Å². The standard InChI is InChI=1S/C21H27NO4/c1-24-20-7-8-21(25-2)18(11-20)14-26-15-19(23)13-22-10-9-16-5-3-4-6-17(16)12-22/h3-8,11,19,23H,9-10,12-15H2,1-2H3/t19-/m0/s1. The van der Waals surface area contributed by atoms with Gasteiger partial charge < -0.3 is 19.3 Å². The van der Waals surface area contributed by atoms with E-state index in [-0.39, 0.29) is 0 Å². The molecule has 0 spiro atoms. The lowest BCUT2D eigenvalue weighted by molar-refractivity contribution is 0.00724. The number of aliphatic hydroxyl groups excluding tert-OH is 1. The molecule has 0 amide bonds. The maximum absolute atomic E-state index is 10.3. The van der Waals surface area contributed by atoms with Gasteiger partial charge in [0.2, 0.25) is 0 Å². The van der Waals surface area contributed by atoms with Crippen molar-refractivity contribution in [3.63, 3.8) is 0 Å². The third-order valence-corrected chi connectivity index (χ3v) is 4.73. The van der Waals surface area contributed by atoms with Crippen LogP contribution in [0.3, 0.4) is 0 Å². The molecule has 3 rings (SSSR count). The highest BCUT2D eigenvalue weighted by Crippen LogP contribution is 2.24. The molecule has 5 nitrogen and oxygen atoms in total. The Bertz CT molecular complexity index is 719. The summed E-state index contributed by atoms with van der Waals surface area (Å²) in [6, 6.07) is 14.1. The molecule has 0 unspecified atom stereocenters. The lowest BCUT2D eigenvalue weighted by atomic mass is 10.00. The second-order valence-electron chi connectivity index (χ2n) is 6.60. The molecule has 1 N–H and O–H groups in total. The Morgan fingerprint density at radius 2 is 1.88 bits per heavy atom. The van der Waals surface area contributed by atoms with E-state index in [2.05, 4.69) is 29.2 Å². The maximum Gasteiger partial charge on any atom is 0.124 e. The van der Waals surface area contributed by atoms with Gasteiger partial charge in [-0.2, -0.15) is 0 Å². The lowest BCUT2D eigenvalue weighted by Crippen LogP contribution is -2.38. The number of methoxy groups -OCH3 is 2. The first-order valence-electron chi connectivity index (χ1n) is 8.95. The molecule has 1 heterocycles. The van der Waals surface area contributed by atoms with Gasteiger partial charge in [0.15, 0.2) is 0 Å². The highest BCUT2D eigenvalue weighted by molar-refractivity contribution is 5.39. The first-order chi connectivity index (χ1) is 12.7. The van der Waals surface area contributed by atoms with E-state index in [1.54, 1.807) is 14.2 Å². The van der Waals surface area contributed by atoms with Gasteiger partial charge in [-0.05, 0) is 35.7 Å². The van der Waals surface area contributed by atoms with Gasteiger partial charge in [-0.15, -0.1) is 0 Å². The second kappa shape index (κ2) is 9.03. The van der Waals surface area contributed by atoms with E-state index in [1.165, 1.54) is 11.1 Å². The molecule has 1 aliphatic rings. The minimum atomic E-state index is -0.517. The number of rotatable bonds is 8. The SMILES string of the molecule is COc1ccc(OC)c(COC[C@@H](O)CN2CCc3ccccc3C2)c1. The number of β-amino-alcohol motifs (C(OH)–C–C–N with tert-alkyl or cyclic N) is 1. The van der Waals surface area contributed by atoms with Crippen LogP contribution in [0.2, 0.25) is 0 Å². The van der Waals surface area contributed by atoms with Crippen LogP contribution >= 0.6 is 0 Å². The minimum absolute atomic E-state index is 0.290. The van der Waals surface area contributed by atoms with Crippen molar-refractivity contribution in [2.45, 2.75) is 25.7 Å². The van der Waals surface area contributed by atoms with Crippen LogP contribution in [0, 0.1) is 0 Å². The topological polar surface area (TPSA) is 51.2 Å². The summed E-state index contributed by atoms with van der Waals surface area (Å²) in [5, 5.41) is 10.3. The number of aliphatic hydroxyl groups is 1. The summed E-state index contributed by atoms with van der Waals surface area (Å²) in [6.45, 7) is 3.14. The number of fused-ring (bicyclic) bond motifs is 1. The van der Waals surface area contributed by atoms with Crippen LogP contribution in [-0.2, 0) is 24.3 Å². The Morgan fingerprint density at radius 3 is 2.65 bits per heavy atom. The fourth-order valence-electron chi connectivity index (χ4n) is 3.36. The molecule has 1 aliphatic heterocycles. The third kappa shape index (κ3) is 4.75. The van der Waals surface area contributed by atoms with E-state index in [4.69, 9.17) is 14.2 Å². The van der Waals surface area contributed by atoms with Gasteiger partial charge in [0, 0.05) is 25.2 Å². The van der Waals surface area contributed by atoms with E-state index in [1.807, 2.05) is 18.2 Å². The third-order valence-electron chi connectivity index (χ3n) is 4.73. The Morgan fingerprint density at radius 1 is 1.08 bits per heavy atom. The minimum Gasteiger partial charge on any atom is -0.497 e. The Kier molecular flexibility index (Phi) is 6.50. The van der Waals surface area contributed by atoms with Gasteiger partial charge in [-0.1, -0.05) is 24.3 Å². The zero-order chi connectivity index (χ0) is 18.4. The summed E-state index contributed by atoms with van der Waals surface area (Å²) < 4.78 is 16.3. The predicted molar refractivity (Wildman–Crippen MR) is 101 cm³/mol. The molecule has 0 saturated carbocycles. The number of nitrogens with zero attached hydrogens (tertiary/aromatic N) is 1. The van der Waals surface area contributed by atoms with Crippen LogP contribution in [0.15, 0.2) is 42.5 Å². The summed E-state index contributed by atoms with van der Waals surface area (Å²) in [7, 11) is 3.27. The first kappa shape index (κ1) is 18.7. The molecule has 0 aromatic heterocycles. The van der Waals surface area contributed by atoms with Crippen LogP contribution in [0.25, 0.3) is 0 Å². The van der Waals surface area contributed by atoms with Gasteiger partial charge in [0.1, 0.15) is 11.5 Å². The molecule has 140 valence electrons. The largest absolute Gasteiger partial charge is 0.497 e. The van der Waals surface area contributed by atoms with E-state index in [9.17, 15) is 5.11 Å². The Balaban J connectivity index is 1.47. The molecule has 26 heavy (non-hydrogen) atoms. The normalized spacial score (nSPS) is 15.3. The second-order valence-corrected chi connectivity index (χ2v) is 6.60. The van der Waals surface area contributed by atoms with Crippen molar-refractivity contribution in [1.29, 1.82) is 0 Å². The summed E-state index contributed by atoms with van der Waals surface area (Å²) in [5.41, 5.74) is 3.68. The zero-order valence-electron chi connectivity index (χ0n) is 15.5. The summed E-state index contributed by atoms with van der Waals surface area (Å²) in [5.74, 6) is 1.52. The summed E-state index contributed by atoms with van der Waals surface area (Å²) in [4.78, 5) is 2.28. The smallest absolute Gasteiger partial charge is 0.124 e. The number of hydrogen-bond acceptors (Lipinski definition) is 5. The zero-order valence-corrected chi connectivity index (χ0v) is 15.5. The molecular weight excluding hydrogens is 330 g/mol. The summed E-state index contributed by atoms with van der Waals surface area (Å²) in [6.07, 6.45) is 0.516. The molecule has 0 fully saturated rings. The van der Waals surface area contributed by atoms with Crippen LogP contribution < -0.4 is 9.47 Å². The van der Waals surface area contributed by atoms with Crippen molar-refractivity contribution in [1.82, 2.24) is 4.90 Å². The molecule has 2 aromatic rings. The first-order valence-corrected chi connectivity index (χ1v) is 8.95. The quantitative estimate of drug-likeness (QED) is 0.787. The van der Waals surface area contributed by atoms with Gasteiger partial charge in [0.05, 0.1) is 33.5 Å². The fraction of sp³-hybridized carbons (Fsp3) is 0.429. The summed E-state index contributed by atoms with van der Waals surface area (Å²) >= 11 is 0. The average Bonchev–Trinajstić information content (AvgIpc) is 2.67. The predicted octanol–water partition coefficient (Wildman–Crippen LogP) is 2.64. The monoisotopic (exact) mass is 357 g/mol. The van der Waals surface area contributed by atoms with Gasteiger partial charge >= 0.3 is 0 Å². The van der Waals surface area contributed by atoms with Crippen molar-refractivity contribution in [2.24, 2.45) is 0 Å². The molecule has 1 atom stereocenters. The molecule has 0 aliphatic carbocycles. The van der Waals surface area contributed by atoms with E-state index >= 15 is 0 Å². The number of ether oxygens (including phenoxy) is 3. The van der Waals surface area contributed by atoms with Crippen LogP contribution in [0.1, 0.15) is 16.7 Å². The number of benzene rings is 2. The van der Waals surface area contributed by atoms with Crippen molar-refractivity contribution in [3.8, 4) is 11.5 Å². The van der Waals surface area contributed by atoms with E-state index in [0.717, 1.165) is 36.6 Å². The molecule has 0 bridgehead atoms. The van der Waals surface area contributed by atoms with Crippen molar-refractivity contribution in [3.05, 3.63) is 59.2 Å². The molecule has 5 heteroatoms. The Hall–Kier alpha value is -2.08. The van der Waals surface area contributed by atoms with Gasteiger partial charge in [0.25, 0.3) is 0 Å². The van der Waals surface area contributed by atoms with E-state index < -0.39 is 6.10 Å². The number of hydrogen-bond donors (Lipinski definition) is 1. The maximum atomic E-state index is 10.3. The molecule has 0 radical (unpaired) electrons. The van der Waals surface area contributed by atoms with Crippen molar-refractivity contribution >= 4 is 0 Å². The highest BCUT2D eigenvalue weighted by Gasteiger charge is 2.18.